The SMILES string of the molecule is CC#CCCNC(=O)C1COc2ccccc2C1. The quantitative estimate of drug-likeness (QED) is 0.649. The number of hydrogen-bond acceptors (Lipinski definition) is 2. The first-order chi connectivity index (χ1) is 8.81. The van der Waals surface area contributed by atoms with Gasteiger partial charge in [0.15, 0.2) is 0 Å². The van der Waals surface area contributed by atoms with Crippen molar-refractivity contribution in [2.45, 2.75) is 19.8 Å². The summed E-state index contributed by atoms with van der Waals surface area (Å²) in [6.07, 6.45) is 1.45. The lowest BCUT2D eigenvalue weighted by molar-refractivity contribution is -0.126. The van der Waals surface area contributed by atoms with Crippen molar-refractivity contribution in [1.82, 2.24) is 5.32 Å². The minimum Gasteiger partial charge on any atom is -0.492 e. The topological polar surface area (TPSA) is 38.3 Å². The Labute approximate surface area is 108 Å². The number of para-hydroxylation sites is 1. The molecule has 2 rings (SSSR count). The Morgan fingerprint density at radius 1 is 1.50 bits per heavy atom. The van der Waals surface area contributed by atoms with E-state index in [9.17, 15) is 4.79 Å². The molecular formula is C15H17NO2. The van der Waals surface area contributed by atoms with E-state index in [4.69, 9.17) is 4.74 Å². The fourth-order valence-corrected chi connectivity index (χ4v) is 2.01. The van der Waals surface area contributed by atoms with Crippen molar-refractivity contribution >= 4 is 5.91 Å². The number of benzene rings is 1. The molecule has 1 aliphatic heterocycles. The Hall–Kier alpha value is -1.95. The van der Waals surface area contributed by atoms with Crippen LogP contribution in [0.15, 0.2) is 24.3 Å². The lowest BCUT2D eigenvalue weighted by atomic mass is 9.96. The van der Waals surface area contributed by atoms with Crippen molar-refractivity contribution in [3.63, 3.8) is 0 Å². The first kappa shape index (κ1) is 12.5. The number of ether oxygens (including phenoxy) is 1. The van der Waals surface area contributed by atoms with Crippen LogP contribution >= 0.6 is 0 Å². The van der Waals surface area contributed by atoms with E-state index in [0.717, 1.165) is 17.7 Å². The first-order valence-electron chi connectivity index (χ1n) is 6.19. The van der Waals surface area contributed by atoms with E-state index in [0.29, 0.717) is 19.6 Å². The molecule has 18 heavy (non-hydrogen) atoms. The summed E-state index contributed by atoms with van der Waals surface area (Å²) in [4.78, 5) is 11.9. The molecule has 3 heteroatoms. The van der Waals surface area contributed by atoms with E-state index in [-0.39, 0.29) is 11.8 Å². The Morgan fingerprint density at radius 3 is 3.17 bits per heavy atom. The second kappa shape index (κ2) is 6.11. The van der Waals surface area contributed by atoms with Crippen LogP contribution in [0.2, 0.25) is 0 Å². The van der Waals surface area contributed by atoms with Crippen LogP contribution < -0.4 is 10.1 Å². The molecule has 1 heterocycles. The molecule has 0 aromatic heterocycles. The number of carbonyl (C=O) groups excluding carboxylic acids is 1. The van der Waals surface area contributed by atoms with Gasteiger partial charge in [-0.05, 0) is 25.0 Å². The minimum absolute atomic E-state index is 0.0578. The van der Waals surface area contributed by atoms with Gasteiger partial charge in [-0.2, -0.15) is 0 Å². The summed E-state index contributed by atoms with van der Waals surface area (Å²) in [6.45, 7) is 2.87. The van der Waals surface area contributed by atoms with Gasteiger partial charge >= 0.3 is 0 Å². The third-order valence-electron chi connectivity index (χ3n) is 2.98. The normalized spacial score (nSPS) is 16.8. The van der Waals surface area contributed by atoms with Gasteiger partial charge in [-0.3, -0.25) is 4.79 Å². The highest BCUT2D eigenvalue weighted by Gasteiger charge is 2.25. The molecular weight excluding hydrogens is 226 g/mol. The van der Waals surface area contributed by atoms with E-state index >= 15 is 0 Å². The van der Waals surface area contributed by atoms with Gasteiger partial charge in [0, 0.05) is 13.0 Å². The summed E-state index contributed by atoms with van der Waals surface area (Å²) >= 11 is 0. The van der Waals surface area contributed by atoms with Crippen molar-refractivity contribution in [2.75, 3.05) is 13.2 Å². The van der Waals surface area contributed by atoms with Crippen molar-refractivity contribution in [1.29, 1.82) is 0 Å². The summed E-state index contributed by atoms with van der Waals surface area (Å²) in [5.41, 5.74) is 1.11. The largest absolute Gasteiger partial charge is 0.492 e. The molecule has 0 saturated heterocycles. The maximum absolute atomic E-state index is 11.9. The first-order valence-corrected chi connectivity index (χ1v) is 6.19. The monoisotopic (exact) mass is 243 g/mol. The molecule has 0 fully saturated rings. The number of rotatable bonds is 3. The maximum atomic E-state index is 11.9. The average Bonchev–Trinajstić information content (AvgIpc) is 2.43. The zero-order chi connectivity index (χ0) is 12.8. The zero-order valence-corrected chi connectivity index (χ0v) is 10.5. The third kappa shape index (κ3) is 3.04. The van der Waals surface area contributed by atoms with Crippen molar-refractivity contribution in [2.24, 2.45) is 5.92 Å². The van der Waals surface area contributed by atoms with Crippen molar-refractivity contribution in [3.05, 3.63) is 29.8 Å². The number of fused-ring (bicyclic) bond motifs is 1. The minimum atomic E-state index is -0.0884. The lowest BCUT2D eigenvalue weighted by Crippen LogP contribution is -2.37. The van der Waals surface area contributed by atoms with Gasteiger partial charge in [-0.25, -0.2) is 0 Å². The number of hydrogen-bond donors (Lipinski definition) is 1. The Balaban J connectivity index is 1.88. The number of carbonyl (C=O) groups is 1. The van der Waals surface area contributed by atoms with E-state index in [1.807, 2.05) is 24.3 Å². The molecule has 1 unspecified atom stereocenters. The molecule has 0 bridgehead atoms. The summed E-state index contributed by atoms with van der Waals surface area (Å²) in [5, 5.41) is 2.90. The van der Waals surface area contributed by atoms with Crippen LogP contribution in [0, 0.1) is 17.8 Å². The second-order valence-corrected chi connectivity index (χ2v) is 4.29. The Kier molecular flexibility index (Phi) is 4.25. The van der Waals surface area contributed by atoms with Gasteiger partial charge in [0.2, 0.25) is 5.91 Å². The molecule has 94 valence electrons. The maximum Gasteiger partial charge on any atom is 0.226 e. The standard InChI is InChI=1S/C15H17NO2/c1-2-3-6-9-16-15(17)13-10-12-7-4-5-8-14(12)18-11-13/h4-5,7-8,13H,6,9-11H2,1H3,(H,16,17). The molecule has 1 aromatic rings. The van der Waals surface area contributed by atoms with Gasteiger partial charge in [0.25, 0.3) is 0 Å². The summed E-state index contributed by atoms with van der Waals surface area (Å²) < 4.78 is 5.60. The summed E-state index contributed by atoms with van der Waals surface area (Å²) in [6, 6.07) is 7.87. The highest BCUT2D eigenvalue weighted by atomic mass is 16.5. The smallest absolute Gasteiger partial charge is 0.226 e. The molecule has 0 radical (unpaired) electrons. The van der Waals surface area contributed by atoms with Gasteiger partial charge in [-0.15, -0.1) is 11.8 Å². The van der Waals surface area contributed by atoms with Crippen molar-refractivity contribution in [3.8, 4) is 17.6 Å². The van der Waals surface area contributed by atoms with E-state index in [1.165, 1.54) is 0 Å². The molecule has 0 spiro atoms. The Bertz CT molecular complexity index is 485. The molecule has 1 N–H and O–H groups in total. The number of nitrogens with one attached hydrogen (secondary N) is 1. The fourth-order valence-electron chi connectivity index (χ4n) is 2.01. The molecule has 0 saturated carbocycles. The van der Waals surface area contributed by atoms with E-state index in [2.05, 4.69) is 17.2 Å². The average molecular weight is 243 g/mol. The molecule has 1 aromatic carbocycles. The predicted octanol–water partition coefficient (Wildman–Crippen LogP) is 1.77. The molecule has 1 amide bonds. The van der Waals surface area contributed by atoms with Crippen molar-refractivity contribution < 1.29 is 9.53 Å². The van der Waals surface area contributed by atoms with Crippen LogP contribution in [0.4, 0.5) is 0 Å². The summed E-state index contributed by atoms with van der Waals surface area (Å²) in [7, 11) is 0. The predicted molar refractivity (Wildman–Crippen MR) is 70.2 cm³/mol. The second-order valence-electron chi connectivity index (χ2n) is 4.29. The molecule has 1 atom stereocenters. The highest BCUT2D eigenvalue weighted by molar-refractivity contribution is 5.79. The lowest BCUT2D eigenvalue weighted by Gasteiger charge is -2.24. The van der Waals surface area contributed by atoms with Crippen LogP contribution in [0.3, 0.4) is 0 Å². The fraction of sp³-hybridized carbons (Fsp3) is 0.400. The van der Waals surface area contributed by atoms with Crippen LogP contribution in [-0.4, -0.2) is 19.1 Å². The van der Waals surface area contributed by atoms with Gasteiger partial charge < -0.3 is 10.1 Å². The van der Waals surface area contributed by atoms with Gasteiger partial charge in [0.05, 0.1) is 5.92 Å². The zero-order valence-electron chi connectivity index (χ0n) is 10.5. The molecule has 0 aliphatic carbocycles. The van der Waals surface area contributed by atoms with Gasteiger partial charge in [0.1, 0.15) is 12.4 Å². The van der Waals surface area contributed by atoms with Crippen LogP contribution in [0.5, 0.6) is 5.75 Å². The molecule has 3 nitrogen and oxygen atoms in total. The van der Waals surface area contributed by atoms with Crippen LogP contribution in [0.25, 0.3) is 0 Å². The van der Waals surface area contributed by atoms with Gasteiger partial charge in [-0.1, -0.05) is 18.2 Å². The Morgan fingerprint density at radius 2 is 2.33 bits per heavy atom. The van der Waals surface area contributed by atoms with Crippen LogP contribution in [0.1, 0.15) is 18.9 Å². The summed E-state index contributed by atoms with van der Waals surface area (Å²) in [5.74, 6) is 6.60. The van der Waals surface area contributed by atoms with E-state index in [1.54, 1.807) is 6.92 Å². The third-order valence-corrected chi connectivity index (χ3v) is 2.98. The molecule has 1 aliphatic rings. The van der Waals surface area contributed by atoms with E-state index < -0.39 is 0 Å². The highest BCUT2D eigenvalue weighted by Crippen LogP contribution is 2.26. The van der Waals surface area contributed by atoms with Crippen LogP contribution in [-0.2, 0) is 11.2 Å². The number of amides is 1.